The molecule has 0 atom stereocenters. The van der Waals surface area contributed by atoms with E-state index in [1.165, 1.54) is 0 Å². The van der Waals surface area contributed by atoms with E-state index in [9.17, 15) is 52.7 Å². The van der Waals surface area contributed by atoms with Crippen molar-refractivity contribution in [2.24, 2.45) is 0 Å². The number of halogens is 12. The third-order valence-electron chi connectivity index (χ3n) is 2.25. The van der Waals surface area contributed by atoms with E-state index in [1.54, 1.807) is 0 Å². The molecule has 0 aliphatic rings. The predicted octanol–water partition coefficient (Wildman–Crippen LogP) is 5.41. The summed E-state index contributed by atoms with van der Waals surface area (Å²) in [6, 6.07) is 0. The van der Waals surface area contributed by atoms with Crippen molar-refractivity contribution >= 4 is 69.3 Å². The summed E-state index contributed by atoms with van der Waals surface area (Å²) >= 11 is 6.72. The molecule has 0 unspecified atom stereocenters. The van der Waals surface area contributed by atoms with Crippen molar-refractivity contribution in [3.8, 4) is 0 Å². The molecule has 0 N–H and O–H groups in total. The fraction of sp³-hybridized carbons (Fsp3) is 0.800. The molecule has 19 heteroatoms. The van der Waals surface area contributed by atoms with Crippen molar-refractivity contribution in [2.75, 3.05) is 26.2 Å². The first-order valence-electron chi connectivity index (χ1n) is 6.62. The zero-order valence-corrected chi connectivity index (χ0v) is 19.5. The van der Waals surface area contributed by atoms with Gasteiger partial charge < -0.3 is 0 Å². The predicted molar refractivity (Wildman–Crippen MR) is 93.5 cm³/mol. The van der Waals surface area contributed by atoms with Crippen LogP contribution in [0.2, 0.25) is 0 Å². The number of alkyl halides is 12. The fourth-order valence-corrected chi connectivity index (χ4v) is 14.0. The first kappa shape index (κ1) is 29.4. The molecular formula is C10H8F12N2S4Sn. The van der Waals surface area contributed by atoms with Crippen LogP contribution in [0.1, 0.15) is 0 Å². The van der Waals surface area contributed by atoms with Gasteiger partial charge in [0.05, 0.1) is 0 Å². The number of nitrogens with zero attached hydrogens (tertiary/aromatic N) is 2. The molecule has 0 heterocycles. The summed E-state index contributed by atoms with van der Waals surface area (Å²) in [5.74, 6) is 0. The van der Waals surface area contributed by atoms with Crippen LogP contribution in [0.5, 0.6) is 0 Å². The Balaban J connectivity index is 4.95. The molecule has 0 rings (SSSR count). The van der Waals surface area contributed by atoms with Crippen molar-refractivity contribution in [1.29, 1.82) is 0 Å². The van der Waals surface area contributed by atoms with Gasteiger partial charge in [-0.25, -0.2) is 0 Å². The maximum absolute atomic E-state index is 12.4. The van der Waals surface area contributed by atoms with Crippen LogP contribution >= 0.6 is 42.3 Å². The normalized spacial score (nSPS) is 13.4. The molecule has 0 aromatic heterocycles. The summed E-state index contributed by atoms with van der Waals surface area (Å²) in [4.78, 5) is -0.374. The summed E-state index contributed by atoms with van der Waals surface area (Å²) in [6.07, 6.45) is -20.1. The second-order valence-corrected chi connectivity index (χ2v) is 15.9. The molecule has 0 bridgehead atoms. The average molecular weight is 631 g/mol. The topological polar surface area (TPSA) is 6.48 Å². The third kappa shape index (κ3) is 16.8. The first-order chi connectivity index (χ1) is 12.7. The van der Waals surface area contributed by atoms with Gasteiger partial charge in [-0.1, -0.05) is 0 Å². The van der Waals surface area contributed by atoms with Gasteiger partial charge in [0.25, 0.3) is 0 Å². The molecule has 29 heavy (non-hydrogen) atoms. The summed E-state index contributed by atoms with van der Waals surface area (Å²) in [5, 5.41) is 0. The quantitative estimate of drug-likeness (QED) is 0.219. The fourth-order valence-electron chi connectivity index (χ4n) is 1.46. The molecule has 0 amide bonds. The Kier molecular flexibility index (Phi) is 11.5. The van der Waals surface area contributed by atoms with Crippen LogP contribution in [0.15, 0.2) is 0 Å². The Morgan fingerprint density at radius 3 is 0.931 bits per heavy atom. The monoisotopic (exact) mass is 632 g/mol. The van der Waals surface area contributed by atoms with Gasteiger partial charge in [-0.2, -0.15) is 0 Å². The summed E-state index contributed by atoms with van der Waals surface area (Å²) in [5.41, 5.74) is 0. The van der Waals surface area contributed by atoms with E-state index >= 15 is 0 Å². The Morgan fingerprint density at radius 2 is 0.759 bits per heavy atom. The molecule has 2 radical (unpaired) electrons. The van der Waals surface area contributed by atoms with E-state index in [4.69, 9.17) is 0 Å². The van der Waals surface area contributed by atoms with Gasteiger partial charge in [0.2, 0.25) is 0 Å². The first-order valence-corrected chi connectivity index (χ1v) is 16.1. The molecule has 0 saturated heterocycles. The van der Waals surface area contributed by atoms with Gasteiger partial charge in [0, 0.05) is 0 Å². The van der Waals surface area contributed by atoms with E-state index < -0.39 is 77.9 Å². The van der Waals surface area contributed by atoms with Crippen LogP contribution in [0.3, 0.4) is 0 Å². The molecule has 0 aromatic rings. The Labute approximate surface area is 182 Å². The second-order valence-electron chi connectivity index (χ2n) is 4.99. The standard InChI is InChI=1S/2C5H5F6NS2.Sn/c2*6-4(7,8)1-12(3(13)14)2-5(9,10)11;/h2*1-2H2,(H,13,14);/q;;+2/p-2. The molecule has 2 nitrogen and oxygen atoms in total. The van der Waals surface area contributed by atoms with Gasteiger partial charge >= 0.3 is 183 Å². The van der Waals surface area contributed by atoms with Gasteiger partial charge in [-0.15, -0.1) is 0 Å². The molecule has 0 aliphatic carbocycles. The SMILES string of the molecule is FC(F)(F)CN(CC(F)(F)F)C(=S)[S][Sn][S]C(=S)N(CC(F)(F)F)CC(F)(F)F. The Morgan fingerprint density at radius 1 is 0.552 bits per heavy atom. The van der Waals surface area contributed by atoms with Crippen molar-refractivity contribution in [2.45, 2.75) is 24.7 Å². The van der Waals surface area contributed by atoms with E-state index in [-0.39, 0.29) is 9.80 Å². The van der Waals surface area contributed by atoms with Crippen LogP contribution in [0.4, 0.5) is 52.7 Å². The van der Waals surface area contributed by atoms with Gasteiger partial charge in [-0.3, -0.25) is 0 Å². The molecule has 0 spiro atoms. The molecule has 170 valence electrons. The third-order valence-corrected chi connectivity index (χ3v) is 14.9. The number of hydrogen-bond donors (Lipinski definition) is 0. The second kappa shape index (κ2) is 11.3. The number of rotatable bonds is 6. The summed E-state index contributed by atoms with van der Waals surface area (Å²) in [7, 11) is 0.723. The maximum atomic E-state index is 12.4. The van der Waals surface area contributed by atoms with Crippen LogP contribution in [0, 0.1) is 0 Å². The van der Waals surface area contributed by atoms with Gasteiger partial charge in [-0.05, 0) is 0 Å². The van der Waals surface area contributed by atoms with Crippen LogP contribution in [0.25, 0.3) is 0 Å². The minimum absolute atomic E-state index is 0.187. The van der Waals surface area contributed by atoms with E-state index in [0.717, 1.165) is 0 Å². The van der Waals surface area contributed by atoms with Crippen LogP contribution in [-0.2, 0) is 0 Å². The molecule has 0 fully saturated rings. The zero-order valence-electron chi connectivity index (χ0n) is 13.4. The number of thiocarbonyl (C=S) groups is 2. The average Bonchev–Trinajstić information content (AvgIpc) is 2.39. The van der Waals surface area contributed by atoms with Crippen molar-refractivity contribution < 1.29 is 52.7 Å². The van der Waals surface area contributed by atoms with Crippen molar-refractivity contribution in [3.05, 3.63) is 0 Å². The van der Waals surface area contributed by atoms with Gasteiger partial charge in [0.15, 0.2) is 0 Å². The molecule has 0 aliphatic heterocycles. The van der Waals surface area contributed by atoms with Crippen molar-refractivity contribution in [3.63, 3.8) is 0 Å². The van der Waals surface area contributed by atoms with E-state index in [0.29, 0.717) is 17.9 Å². The Hall–Kier alpha value is 0.439. The molecule has 0 saturated carbocycles. The molecule has 0 aromatic carbocycles. The minimum atomic E-state index is -5.01. The zero-order chi connectivity index (χ0) is 23.3. The Bertz CT molecular complexity index is 479. The van der Waals surface area contributed by atoms with Crippen LogP contribution < -0.4 is 0 Å². The van der Waals surface area contributed by atoms with Gasteiger partial charge in [0.1, 0.15) is 0 Å². The summed E-state index contributed by atoms with van der Waals surface area (Å²) < 4.78 is 147. The van der Waals surface area contributed by atoms with E-state index in [1.807, 2.05) is 0 Å². The molecular weight excluding hydrogens is 623 g/mol. The van der Waals surface area contributed by atoms with Crippen molar-refractivity contribution in [1.82, 2.24) is 9.80 Å². The summed E-state index contributed by atoms with van der Waals surface area (Å²) in [6.45, 7) is -8.05. The van der Waals surface area contributed by atoms with Crippen LogP contribution in [-0.4, -0.2) is 87.7 Å². The number of hydrogen-bond acceptors (Lipinski definition) is 4. The van der Waals surface area contributed by atoms with E-state index in [2.05, 4.69) is 24.4 Å².